The largest absolute Gasteiger partial charge is 0.517 e. The van der Waals surface area contributed by atoms with Crippen molar-refractivity contribution in [1.82, 2.24) is 0 Å². The summed E-state index contributed by atoms with van der Waals surface area (Å²) in [5.74, 6) is 0. The number of hydrogen-bond acceptors (Lipinski definition) is 3. The first-order valence-corrected chi connectivity index (χ1v) is 3.95. The molecule has 0 aliphatic carbocycles. The van der Waals surface area contributed by atoms with Gasteiger partial charge in [0, 0.05) is 0 Å². The topological polar surface area (TPSA) is 35.5 Å². The lowest BCUT2D eigenvalue weighted by Gasteiger charge is -2.20. The highest BCUT2D eigenvalue weighted by atomic mass is 19.3. The molecule has 2 unspecified atom stereocenters. The first-order chi connectivity index (χ1) is 6.99. The van der Waals surface area contributed by atoms with Crippen molar-refractivity contribution in [2.75, 3.05) is 0 Å². The monoisotopic (exact) mass is 254 g/mol. The molecule has 0 aromatic heterocycles. The van der Waals surface area contributed by atoms with Crippen LogP contribution in [0.25, 0.3) is 0 Å². The second-order valence-electron chi connectivity index (χ2n) is 2.81. The average Bonchev–Trinajstić information content (AvgIpc) is 2.00. The number of carbonyl (C=O) groups is 1. The molecule has 96 valence electrons. The molecule has 0 aliphatic heterocycles. The summed E-state index contributed by atoms with van der Waals surface area (Å²) < 4.78 is 79.5. The maximum Gasteiger partial charge on any atom is 0.517 e. The highest BCUT2D eigenvalue weighted by Crippen LogP contribution is 2.27. The summed E-state index contributed by atoms with van der Waals surface area (Å²) in [6.07, 6.45) is -17.6. The van der Waals surface area contributed by atoms with E-state index in [-0.39, 0.29) is 0 Å². The molecule has 0 aromatic carbocycles. The van der Waals surface area contributed by atoms with Crippen molar-refractivity contribution in [2.24, 2.45) is 0 Å². The third-order valence-corrected chi connectivity index (χ3v) is 1.37. The zero-order chi connectivity index (χ0) is 13.1. The number of ether oxygens (including phenoxy) is 2. The summed E-state index contributed by atoms with van der Waals surface area (Å²) >= 11 is 0. The number of carbonyl (C=O) groups excluding carboxylic acids is 1. The molecule has 0 aromatic rings. The van der Waals surface area contributed by atoms with Crippen LogP contribution in [0, 0.1) is 0 Å². The minimum absolute atomic E-state index is 0.337. The Labute approximate surface area is 86.3 Å². The van der Waals surface area contributed by atoms with Crippen molar-refractivity contribution in [3.63, 3.8) is 0 Å². The molecule has 9 heteroatoms. The highest BCUT2D eigenvalue weighted by Gasteiger charge is 2.47. The lowest BCUT2D eigenvalue weighted by molar-refractivity contribution is -0.285. The number of alkyl halides is 6. The van der Waals surface area contributed by atoms with Crippen molar-refractivity contribution in [1.29, 1.82) is 0 Å². The molecule has 0 rings (SSSR count). The van der Waals surface area contributed by atoms with Gasteiger partial charge in [-0.15, -0.1) is 0 Å². The van der Waals surface area contributed by atoms with E-state index < -0.39 is 30.7 Å². The Kier molecular flexibility index (Phi) is 4.45. The van der Waals surface area contributed by atoms with Crippen molar-refractivity contribution >= 4 is 6.16 Å². The first-order valence-electron chi connectivity index (χ1n) is 3.95. The van der Waals surface area contributed by atoms with Gasteiger partial charge in [-0.3, -0.25) is 0 Å². The van der Waals surface area contributed by atoms with Gasteiger partial charge in [-0.05, 0) is 13.8 Å². The van der Waals surface area contributed by atoms with Crippen LogP contribution in [0.15, 0.2) is 0 Å². The van der Waals surface area contributed by atoms with E-state index in [2.05, 4.69) is 9.47 Å². The molecule has 16 heavy (non-hydrogen) atoms. The molecule has 0 saturated carbocycles. The van der Waals surface area contributed by atoms with Gasteiger partial charge in [-0.25, -0.2) is 13.6 Å². The minimum atomic E-state index is -4.62. The Morgan fingerprint density at radius 1 is 0.938 bits per heavy atom. The molecule has 0 bridgehead atoms. The zero-order valence-electron chi connectivity index (χ0n) is 8.15. The molecule has 0 aliphatic rings. The van der Waals surface area contributed by atoms with E-state index in [0.29, 0.717) is 13.8 Å². The molecule has 2 atom stereocenters. The van der Waals surface area contributed by atoms with E-state index in [1.165, 1.54) is 0 Å². The Hall–Kier alpha value is -1.15. The lowest BCUT2D eigenvalue weighted by Crippen LogP contribution is -2.39. The average molecular weight is 254 g/mol. The molecule has 0 amide bonds. The van der Waals surface area contributed by atoms with Gasteiger partial charge in [0.15, 0.2) is 0 Å². The summed E-state index contributed by atoms with van der Waals surface area (Å²) in [6.45, 7) is 0.673. The molecule has 0 saturated heterocycles. The Balaban J connectivity index is 4.41. The van der Waals surface area contributed by atoms with E-state index in [1.807, 2.05) is 0 Å². The van der Waals surface area contributed by atoms with Crippen LogP contribution in [0.3, 0.4) is 0 Å². The zero-order valence-corrected chi connectivity index (χ0v) is 8.15. The lowest BCUT2D eigenvalue weighted by atomic mass is 10.4. The third kappa shape index (κ3) is 4.15. The number of rotatable bonds is 4. The second-order valence-corrected chi connectivity index (χ2v) is 2.81. The van der Waals surface area contributed by atoms with Crippen molar-refractivity contribution in [2.45, 2.75) is 38.4 Å². The molecule has 0 spiro atoms. The quantitative estimate of drug-likeness (QED) is 0.571. The van der Waals surface area contributed by atoms with E-state index in [0.717, 1.165) is 0 Å². The van der Waals surface area contributed by atoms with Gasteiger partial charge in [0.1, 0.15) is 0 Å². The maximum absolute atomic E-state index is 12.3. The first kappa shape index (κ1) is 14.8. The standard InChI is InChI=1S/C7H8F6O3/c1-3(8)6(10,11)15-5(14)16-7(12,13)4(2)9/h3-4H,1-2H3. The number of halogens is 6. The summed E-state index contributed by atoms with van der Waals surface area (Å²) in [5.41, 5.74) is 0. The van der Waals surface area contributed by atoms with Crippen molar-refractivity contribution in [3.05, 3.63) is 0 Å². The van der Waals surface area contributed by atoms with Gasteiger partial charge in [0.25, 0.3) is 0 Å². The fourth-order valence-corrected chi connectivity index (χ4v) is 0.405. The Bertz CT molecular complexity index is 229. The van der Waals surface area contributed by atoms with Crippen LogP contribution < -0.4 is 0 Å². The Morgan fingerprint density at radius 2 is 1.19 bits per heavy atom. The van der Waals surface area contributed by atoms with Crippen molar-refractivity contribution < 1.29 is 40.6 Å². The van der Waals surface area contributed by atoms with Gasteiger partial charge in [0.2, 0.25) is 12.3 Å². The van der Waals surface area contributed by atoms with Gasteiger partial charge in [-0.2, -0.15) is 17.6 Å². The maximum atomic E-state index is 12.3. The second kappa shape index (κ2) is 4.79. The molecule has 3 nitrogen and oxygen atoms in total. The van der Waals surface area contributed by atoms with E-state index in [4.69, 9.17) is 0 Å². The van der Waals surface area contributed by atoms with Crippen LogP contribution in [0.1, 0.15) is 13.8 Å². The van der Waals surface area contributed by atoms with Crippen LogP contribution in [0.4, 0.5) is 31.1 Å². The van der Waals surface area contributed by atoms with Crippen LogP contribution in [0.5, 0.6) is 0 Å². The molecule has 0 heterocycles. The normalized spacial score (nSPS) is 16.5. The predicted octanol–water partition coefficient (Wildman–Crippen LogP) is 3.04. The molecule has 0 radical (unpaired) electrons. The summed E-state index contributed by atoms with van der Waals surface area (Å²) in [5, 5.41) is 0. The molecular formula is C7H8F6O3. The third-order valence-electron chi connectivity index (χ3n) is 1.37. The highest BCUT2D eigenvalue weighted by molar-refractivity contribution is 5.60. The predicted molar refractivity (Wildman–Crippen MR) is 38.6 cm³/mol. The van der Waals surface area contributed by atoms with Gasteiger partial charge < -0.3 is 9.47 Å². The minimum Gasteiger partial charge on any atom is -0.366 e. The molecule has 0 N–H and O–H groups in total. The summed E-state index contributed by atoms with van der Waals surface area (Å²) in [4.78, 5) is 10.3. The molecular weight excluding hydrogens is 246 g/mol. The van der Waals surface area contributed by atoms with Crippen LogP contribution in [-0.4, -0.2) is 30.7 Å². The Morgan fingerprint density at radius 3 is 1.38 bits per heavy atom. The van der Waals surface area contributed by atoms with Gasteiger partial charge >= 0.3 is 18.4 Å². The van der Waals surface area contributed by atoms with E-state index >= 15 is 0 Å². The summed E-state index contributed by atoms with van der Waals surface area (Å²) in [6, 6.07) is 0. The number of hydrogen-bond donors (Lipinski definition) is 0. The van der Waals surface area contributed by atoms with Crippen molar-refractivity contribution in [3.8, 4) is 0 Å². The van der Waals surface area contributed by atoms with E-state index in [1.54, 1.807) is 0 Å². The fraction of sp³-hybridized carbons (Fsp3) is 0.857. The summed E-state index contributed by atoms with van der Waals surface area (Å²) in [7, 11) is 0. The SMILES string of the molecule is CC(F)C(F)(F)OC(=O)OC(F)(F)C(C)F. The van der Waals surface area contributed by atoms with Crippen LogP contribution in [0.2, 0.25) is 0 Å². The smallest absolute Gasteiger partial charge is 0.366 e. The molecule has 0 fully saturated rings. The van der Waals surface area contributed by atoms with E-state index in [9.17, 15) is 31.1 Å². The van der Waals surface area contributed by atoms with Crippen LogP contribution in [-0.2, 0) is 9.47 Å². The van der Waals surface area contributed by atoms with Crippen LogP contribution >= 0.6 is 0 Å². The van der Waals surface area contributed by atoms with Gasteiger partial charge in [-0.1, -0.05) is 0 Å². The fourth-order valence-electron chi connectivity index (χ4n) is 0.405. The van der Waals surface area contributed by atoms with Gasteiger partial charge in [0.05, 0.1) is 0 Å².